The predicted octanol–water partition coefficient (Wildman–Crippen LogP) is 6.28. The molecule has 136 valence electrons. The lowest BCUT2D eigenvalue weighted by atomic mass is 10.1. The van der Waals surface area contributed by atoms with E-state index < -0.39 is 0 Å². The van der Waals surface area contributed by atoms with Crippen LogP contribution in [0.15, 0.2) is 82.6 Å². The van der Waals surface area contributed by atoms with E-state index in [0.717, 1.165) is 0 Å². The fourth-order valence-electron chi connectivity index (χ4n) is 3.59. The molecule has 3 heteroatoms. The molecule has 0 heterocycles. The van der Waals surface area contributed by atoms with Crippen LogP contribution in [0.25, 0.3) is 21.5 Å². The minimum absolute atomic E-state index is 1.25. The zero-order valence-electron chi connectivity index (χ0n) is 16.2. The van der Waals surface area contributed by atoms with Gasteiger partial charge in [0.15, 0.2) is 0 Å². The van der Waals surface area contributed by atoms with Crippen molar-refractivity contribution in [1.82, 2.24) is 0 Å². The van der Waals surface area contributed by atoms with Crippen LogP contribution in [-0.4, -0.2) is 28.2 Å². The van der Waals surface area contributed by atoms with Gasteiger partial charge >= 0.3 is 0 Å². The van der Waals surface area contributed by atoms with E-state index in [1.165, 1.54) is 42.7 Å². The Labute approximate surface area is 165 Å². The van der Waals surface area contributed by atoms with Gasteiger partial charge in [-0.1, -0.05) is 60.3 Å². The molecule has 0 fully saturated rings. The fourth-order valence-corrected chi connectivity index (χ4v) is 4.67. The largest absolute Gasteiger partial charge is 0.377 e. The van der Waals surface area contributed by atoms with Crippen molar-refractivity contribution in [2.75, 3.05) is 38.0 Å². The number of nitrogens with zero attached hydrogens (tertiary/aromatic N) is 2. The summed E-state index contributed by atoms with van der Waals surface area (Å²) in [6.07, 6.45) is 0. The van der Waals surface area contributed by atoms with Gasteiger partial charge in [-0.3, -0.25) is 0 Å². The van der Waals surface area contributed by atoms with Crippen molar-refractivity contribution >= 4 is 44.7 Å². The van der Waals surface area contributed by atoms with Crippen LogP contribution in [0.3, 0.4) is 0 Å². The number of rotatable bonds is 4. The molecule has 2 nitrogen and oxygen atoms in total. The van der Waals surface area contributed by atoms with E-state index in [0.29, 0.717) is 0 Å². The summed E-state index contributed by atoms with van der Waals surface area (Å²) >= 11 is 1.85. The van der Waals surface area contributed by atoms with Gasteiger partial charge in [0.25, 0.3) is 0 Å². The summed E-state index contributed by atoms with van der Waals surface area (Å²) < 4.78 is 0. The maximum Gasteiger partial charge on any atom is 0.0441 e. The van der Waals surface area contributed by atoms with E-state index >= 15 is 0 Å². The normalized spacial score (nSPS) is 11.1. The molecular weight excluding hydrogens is 348 g/mol. The summed E-state index contributed by atoms with van der Waals surface area (Å²) in [5.41, 5.74) is 2.51. The minimum Gasteiger partial charge on any atom is -0.377 e. The van der Waals surface area contributed by atoms with E-state index in [1.807, 2.05) is 11.8 Å². The lowest BCUT2D eigenvalue weighted by molar-refractivity contribution is 1.14. The summed E-state index contributed by atoms with van der Waals surface area (Å²) in [4.78, 5) is 6.94. The first-order valence-corrected chi connectivity index (χ1v) is 9.94. The fraction of sp³-hybridized carbons (Fsp3) is 0.167. The minimum atomic E-state index is 1.25. The number of benzene rings is 4. The quantitative estimate of drug-likeness (QED) is 0.416. The molecule has 4 aromatic rings. The molecule has 0 amide bonds. The second-order valence-corrected chi connectivity index (χ2v) is 8.23. The van der Waals surface area contributed by atoms with Crippen LogP contribution in [-0.2, 0) is 0 Å². The Morgan fingerprint density at radius 1 is 0.481 bits per heavy atom. The molecule has 0 radical (unpaired) electrons. The van der Waals surface area contributed by atoms with Gasteiger partial charge in [0.05, 0.1) is 0 Å². The number of hydrogen-bond donors (Lipinski definition) is 0. The third kappa shape index (κ3) is 3.24. The van der Waals surface area contributed by atoms with Gasteiger partial charge in [-0.25, -0.2) is 0 Å². The van der Waals surface area contributed by atoms with Crippen LogP contribution in [0.5, 0.6) is 0 Å². The van der Waals surface area contributed by atoms with Crippen molar-refractivity contribution < 1.29 is 0 Å². The number of anilines is 2. The zero-order valence-corrected chi connectivity index (χ0v) is 17.0. The van der Waals surface area contributed by atoms with Gasteiger partial charge in [0.1, 0.15) is 0 Å². The number of hydrogen-bond acceptors (Lipinski definition) is 3. The molecule has 4 aromatic carbocycles. The van der Waals surface area contributed by atoms with E-state index in [-0.39, 0.29) is 0 Å². The third-order valence-corrected chi connectivity index (χ3v) is 6.06. The molecule has 27 heavy (non-hydrogen) atoms. The van der Waals surface area contributed by atoms with Crippen molar-refractivity contribution in [2.45, 2.75) is 9.79 Å². The van der Waals surface area contributed by atoms with E-state index in [4.69, 9.17) is 0 Å². The van der Waals surface area contributed by atoms with Crippen molar-refractivity contribution in [2.24, 2.45) is 0 Å². The van der Waals surface area contributed by atoms with Crippen molar-refractivity contribution in [3.8, 4) is 0 Å². The average molecular weight is 373 g/mol. The summed E-state index contributed by atoms with van der Waals surface area (Å²) in [6.45, 7) is 0. The molecule has 0 aliphatic carbocycles. The third-order valence-electron chi connectivity index (χ3n) is 4.91. The van der Waals surface area contributed by atoms with Gasteiger partial charge in [0.2, 0.25) is 0 Å². The van der Waals surface area contributed by atoms with Gasteiger partial charge < -0.3 is 9.80 Å². The summed E-state index contributed by atoms with van der Waals surface area (Å²) in [6, 6.07) is 26.3. The molecule has 0 bridgehead atoms. The van der Waals surface area contributed by atoms with E-state index in [9.17, 15) is 0 Å². The van der Waals surface area contributed by atoms with Gasteiger partial charge in [0, 0.05) is 60.1 Å². The maximum absolute atomic E-state index is 2.25. The number of fused-ring (bicyclic) bond motifs is 2. The zero-order chi connectivity index (χ0) is 19.0. The molecule has 0 unspecified atom stereocenters. The highest BCUT2D eigenvalue weighted by Gasteiger charge is 2.12. The van der Waals surface area contributed by atoms with Crippen LogP contribution in [0.4, 0.5) is 11.4 Å². The molecule has 0 aliphatic rings. The molecule has 0 spiro atoms. The highest BCUT2D eigenvalue weighted by Crippen LogP contribution is 2.41. The molecule has 0 aromatic heterocycles. The van der Waals surface area contributed by atoms with E-state index in [1.54, 1.807) is 0 Å². The topological polar surface area (TPSA) is 6.48 Å². The lowest BCUT2D eigenvalue weighted by Crippen LogP contribution is -2.09. The summed E-state index contributed by atoms with van der Waals surface area (Å²) in [7, 11) is 8.40. The lowest BCUT2D eigenvalue weighted by Gasteiger charge is -2.19. The second kappa shape index (κ2) is 7.16. The standard InChI is InChI=1S/C24H24N2S/c1-25(2)21-13-15-23(19-11-7-5-9-17(19)21)27-24-16-14-22(26(3)4)18-10-6-8-12-20(18)24/h5-16H,1-4H3. The second-order valence-electron chi connectivity index (χ2n) is 7.15. The van der Waals surface area contributed by atoms with Crippen LogP contribution in [0.1, 0.15) is 0 Å². The first-order valence-electron chi connectivity index (χ1n) is 9.12. The molecule has 0 N–H and O–H groups in total. The first-order chi connectivity index (χ1) is 13.1. The summed E-state index contributed by atoms with van der Waals surface area (Å²) in [5, 5.41) is 5.19. The van der Waals surface area contributed by atoms with Crippen LogP contribution in [0, 0.1) is 0 Å². The van der Waals surface area contributed by atoms with Gasteiger partial charge in [-0.15, -0.1) is 0 Å². The smallest absolute Gasteiger partial charge is 0.0441 e. The highest BCUT2D eigenvalue weighted by atomic mass is 32.2. The molecule has 4 rings (SSSR count). The van der Waals surface area contributed by atoms with Crippen molar-refractivity contribution in [1.29, 1.82) is 0 Å². The Morgan fingerprint density at radius 3 is 1.22 bits per heavy atom. The Hall–Kier alpha value is -2.65. The van der Waals surface area contributed by atoms with Crippen LogP contribution in [0.2, 0.25) is 0 Å². The first kappa shape index (κ1) is 17.7. The Kier molecular flexibility index (Phi) is 4.71. The molecule has 0 atom stereocenters. The maximum atomic E-state index is 2.25. The summed E-state index contributed by atoms with van der Waals surface area (Å²) in [5.74, 6) is 0. The van der Waals surface area contributed by atoms with Crippen LogP contribution < -0.4 is 9.80 Å². The van der Waals surface area contributed by atoms with Gasteiger partial charge in [-0.2, -0.15) is 0 Å². The average Bonchev–Trinajstić information content (AvgIpc) is 2.68. The highest BCUT2D eigenvalue weighted by molar-refractivity contribution is 7.99. The SMILES string of the molecule is CN(C)c1ccc(Sc2ccc(N(C)C)c3ccccc23)c2ccccc12. The van der Waals surface area contributed by atoms with Crippen molar-refractivity contribution in [3.63, 3.8) is 0 Å². The Morgan fingerprint density at radius 2 is 0.852 bits per heavy atom. The van der Waals surface area contributed by atoms with E-state index in [2.05, 4.69) is 111 Å². The van der Waals surface area contributed by atoms with Crippen LogP contribution >= 0.6 is 11.8 Å². The molecular formula is C24H24N2S. The predicted molar refractivity (Wildman–Crippen MR) is 121 cm³/mol. The van der Waals surface area contributed by atoms with Gasteiger partial charge in [-0.05, 0) is 35.0 Å². The molecule has 0 saturated heterocycles. The monoisotopic (exact) mass is 372 g/mol. The Balaban J connectivity index is 1.87. The molecule has 0 saturated carbocycles. The molecule has 0 aliphatic heterocycles. The van der Waals surface area contributed by atoms with Crippen molar-refractivity contribution in [3.05, 3.63) is 72.8 Å². The Bertz CT molecular complexity index is 1030.